The molecule has 0 atom stereocenters. The van der Waals surface area contributed by atoms with E-state index in [4.69, 9.17) is 9.47 Å². The molecule has 0 saturated heterocycles. The second-order valence-corrected chi connectivity index (χ2v) is 6.05. The van der Waals surface area contributed by atoms with Crippen molar-refractivity contribution < 1.29 is 19.1 Å². The number of aryl methyl sites for hydroxylation is 1. The number of hydrogen-bond donors (Lipinski definition) is 1. The van der Waals surface area contributed by atoms with Gasteiger partial charge in [-0.3, -0.25) is 4.79 Å². The molecule has 1 N–H and O–H groups in total. The van der Waals surface area contributed by atoms with Gasteiger partial charge in [-0.05, 0) is 43.7 Å². The molecule has 0 aliphatic heterocycles. The molecule has 1 amide bonds. The summed E-state index contributed by atoms with van der Waals surface area (Å²) in [5.74, 6) is -0.504. The number of likely N-dealkylation sites (N-methyl/N-ethyl adjacent to an activating group) is 1. The molecule has 0 radical (unpaired) electrons. The van der Waals surface area contributed by atoms with E-state index in [1.807, 2.05) is 12.1 Å². The number of carbonyl (C=O) groups is 2. The zero-order valence-corrected chi connectivity index (χ0v) is 16.0. The molecule has 27 heavy (non-hydrogen) atoms. The van der Waals surface area contributed by atoms with Crippen LogP contribution in [0.2, 0.25) is 0 Å². The van der Waals surface area contributed by atoms with E-state index in [1.165, 1.54) is 12.7 Å². The number of rotatable bonds is 9. The van der Waals surface area contributed by atoms with Crippen LogP contribution in [0.4, 0.5) is 5.69 Å². The first-order valence-electron chi connectivity index (χ1n) is 8.93. The molecule has 0 heterocycles. The molecule has 0 aromatic heterocycles. The minimum absolute atomic E-state index is 0.296. The van der Waals surface area contributed by atoms with Gasteiger partial charge in [-0.15, -0.1) is 0 Å². The van der Waals surface area contributed by atoms with Crippen LogP contribution in [0.25, 0.3) is 0 Å². The third-order valence-electron chi connectivity index (χ3n) is 4.11. The van der Waals surface area contributed by atoms with Crippen LogP contribution in [0.5, 0.6) is 5.75 Å². The highest BCUT2D eigenvalue weighted by Crippen LogP contribution is 2.18. The van der Waals surface area contributed by atoms with Crippen molar-refractivity contribution in [2.24, 2.45) is 0 Å². The smallest absolute Gasteiger partial charge is 0.342 e. The van der Waals surface area contributed by atoms with Gasteiger partial charge in [0.15, 0.2) is 6.61 Å². The van der Waals surface area contributed by atoms with E-state index in [2.05, 4.69) is 36.2 Å². The van der Waals surface area contributed by atoms with Gasteiger partial charge in [0, 0.05) is 25.3 Å². The first-order valence-corrected chi connectivity index (χ1v) is 8.93. The van der Waals surface area contributed by atoms with Crippen molar-refractivity contribution in [3.8, 4) is 5.75 Å². The van der Waals surface area contributed by atoms with Crippen molar-refractivity contribution in [2.45, 2.75) is 13.8 Å². The minimum atomic E-state index is -0.586. The molecule has 2 aromatic carbocycles. The topological polar surface area (TPSA) is 67.9 Å². The molecule has 144 valence electrons. The summed E-state index contributed by atoms with van der Waals surface area (Å²) in [6.45, 7) is 5.77. The Hall–Kier alpha value is -3.02. The number of anilines is 1. The molecule has 0 aliphatic rings. The number of ether oxygens (including phenoxy) is 2. The molecule has 0 unspecified atom stereocenters. The van der Waals surface area contributed by atoms with Gasteiger partial charge in [0.05, 0.1) is 7.11 Å². The van der Waals surface area contributed by atoms with E-state index >= 15 is 0 Å². The number of nitrogens with zero attached hydrogens (tertiary/aromatic N) is 1. The summed E-state index contributed by atoms with van der Waals surface area (Å²) in [4.78, 5) is 26.2. The average Bonchev–Trinajstić information content (AvgIpc) is 2.69. The Bertz CT molecular complexity index is 776. The third-order valence-corrected chi connectivity index (χ3v) is 4.11. The maximum Gasteiger partial charge on any atom is 0.342 e. The molecule has 6 heteroatoms. The van der Waals surface area contributed by atoms with Crippen molar-refractivity contribution >= 4 is 17.6 Å². The normalized spacial score (nSPS) is 10.2. The van der Waals surface area contributed by atoms with E-state index in [0.29, 0.717) is 24.4 Å². The SMILES string of the molecule is CCN(CCNC(=O)COC(=O)c1ccccc1OC)c1cccc(C)c1. The number of amides is 1. The molecule has 0 spiro atoms. The standard InChI is InChI=1S/C21H26N2O4/c1-4-23(17-9-7-8-16(2)14-17)13-12-22-20(24)15-27-21(25)18-10-5-6-11-19(18)26-3/h5-11,14H,4,12-13,15H2,1-3H3,(H,22,24). The molecular weight excluding hydrogens is 344 g/mol. The van der Waals surface area contributed by atoms with Crippen LogP contribution >= 0.6 is 0 Å². The van der Waals surface area contributed by atoms with Gasteiger partial charge < -0.3 is 19.7 Å². The Morgan fingerprint density at radius 2 is 1.89 bits per heavy atom. The maximum atomic E-state index is 12.1. The van der Waals surface area contributed by atoms with Crippen LogP contribution in [0.3, 0.4) is 0 Å². The number of carbonyl (C=O) groups excluding carboxylic acids is 2. The number of esters is 1. The van der Waals surface area contributed by atoms with Crippen LogP contribution in [0.15, 0.2) is 48.5 Å². The molecule has 0 aliphatic carbocycles. The van der Waals surface area contributed by atoms with Gasteiger partial charge in [0.25, 0.3) is 5.91 Å². The van der Waals surface area contributed by atoms with Gasteiger partial charge in [-0.25, -0.2) is 4.79 Å². The predicted octanol–water partition coefficient (Wildman–Crippen LogP) is 2.80. The van der Waals surface area contributed by atoms with Gasteiger partial charge in [-0.2, -0.15) is 0 Å². The second kappa shape index (κ2) is 10.2. The van der Waals surface area contributed by atoms with Crippen molar-refractivity contribution in [3.05, 3.63) is 59.7 Å². The monoisotopic (exact) mass is 370 g/mol. The third kappa shape index (κ3) is 6.02. The van der Waals surface area contributed by atoms with Crippen molar-refractivity contribution in [1.29, 1.82) is 0 Å². The van der Waals surface area contributed by atoms with Crippen molar-refractivity contribution in [3.63, 3.8) is 0 Å². The summed E-state index contributed by atoms with van der Waals surface area (Å²) in [5, 5.41) is 2.78. The van der Waals surface area contributed by atoms with Crippen LogP contribution in [0, 0.1) is 6.92 Å². The zero-order chi connectivity index (χ0) is 19.6. The predicted molar refractivity (Wildman–Crippen MR) is 105 cm³/mol. The molecule has 0 bridgehead atoms. The number of benzene rings is 2. The largest absolute Gasteiger partial charge is 0.496 e. The van der Waals surface area contributed by atoms with Gasteiger partial charge >= 0.3 is 5.97 Å². The van der Waals surface area contributed by atoms with Crippen LogP contribution in [-0.2, 0) is 9.53 Å². The summed E-state index contributed by atoms with van der Waals surface area (Å²) < 4.78 is 10.2. The van der Waals surface area contributed by atoms with Crippen LogP contribution in [0.1, 0.15) is 22.8 Å². The lowest BCUT2D eigenvalue weighted by Gasteiger charge is -2.23. The van der Waals surface area contributed by atoms with Gasteiger partial charge in [-0.1, -0.05) is 24.3 Å². The molecule has 2 aromatic rings. The summed E-state index contributed by atoms with van der Waals surface area (Å²) >= 11 is 0. The highest BCUT2D eigenvalue weighted by molar-refractivity contribution is 5.93. The van der Waals surface area contributed by atoms with E-state index in [9.17, 15) is 9.59 Å². The van der Waals surface area contributed by atoms with Crippen molar-refractivity contribution in [2.75, 3.05) is 38.3 Å². The van der Waals surface area contributed by atoms with Crippen molar-refractivity contribution in [1.82, 2.24) is 5.32 Å². The Morgan fingerprint density at radius 3 is 2.59 bits per heavy atom. The van der Waals surface area contributed by atoms with Gasteiger partial charge in [0.2, 0.25) is 0 Å². The number of para-hydroxylation sites is 1. The molecule has 2 rings (SSSR count). The lowest BCUT2D eigenvalue weighted by molar-refractivity contribution is -0.124. The Balaban J connectivity index is 1.78. The molecular formula is C21H26N2O4. The fraction of sp³-hybridized carbons (Fsp3) is 0.333. The second-order valence-electron chi connectivity index (χ2n) is 6.05. The summed E-state index contributed by atoms with van der Waals surface area (Å²) in [5.41, 5.74) is 2.61. The zero-order valence-electron chi connectivity index (χ0n) is 16.0. The Morgan fingerprint density at radius 1 is 1.11 bits per heavy atom. The number of hydrogen-bond acceptors (Lipinski definition) is 5. The number of nitrogens with one attached hydrogen (secondary N) is 1. The van der Waals surface area contributed by atoms with E-state index in [-0.39, 0.29) is 12.5 Å². The fourth-order valence-electron chi connectivity index (χ4n) is 2.70. The van der Waals surface area contributed by atoms with Crippen LogP contribution < -0.4 is 15.0 Å². The maximum absolute atomic E-state index is 12.1. The molecule has 6 nitrogen and oxygen atoms in total. The first-order chi connectivity index (χ1) is 13.0. The average molecular weight is 370 g/mol. The van der Waals surface area contributed by atoms with Gasteiger partial charge in [0.1, 0.15) is 11.3 Å². The van der Waals surface area contributed by atoms with E-state index in [1.54, 1.807) is 24.3 Å². The quantitative estimate of drug-likeness (QED) is 0.688. The summed E-state index contributed by atoms with van der Waals surface area (Å²) in [6, 6.07) is 15.0. The highest BCUT2D eigenvalue weighted by Gasteiger charge is 2.14. The lowest BCUT2D eigenvalue weighted by Crippen LogP contribution is -2.36. The lowest BCUT2D eigenvalue weighted by atomic mass is 10.2. The highest BCUT2D eigenvalue weighted by atomic mass is 16.5. The summed E-state index contributed by atoms with van der Waals surface area (Å²) in [7, 11) is 1.48. The summed E-state index contributed by atoms with van der Waals surface area (Å²) in [6.07, 6.45) is 0. The van der Waals surface area contributed by atoms with E-state index in [0.717, 1.165) is 12.2 Å². The Labute approximate surface area is 160 Å². The fourth-order valence-corrected chi connectivity index (χ4v) is 2.70. The van der Waals surface area contributed by atoms with E-state index < -0.39 is 5.97 Å². The minimum Gasteiger partial charge on any atom is -0.496 e. The number of methoxy groups -OCH3 is 1. The molecule has 0 fully saturated rings. The Kier molecular flexibility index (Phi) is 7.67. The first kappa shape index (κ1) is 20.3. The molecule has 0 saturated carbocycles. The van der Waals surface area contributed by atoms with Crippen LogP contribution in [-0.4, -0.2) is 45.2 Å².